The lowest BCUT2D eigenvalue weighted by atomic mass is 10.1. The van der Waals surface area contributed by atoms with E-state index in [4.69, 9.17) is 23.2 Å². The van der Waals surface area contributed by atoms with E-state index in [1.165, 1.54) is 24.4 Å². The first-order valence-corrected chi connectivity index (χ1v) is 12.4. The van der Waals surface area contributed by atoms with Crippen molar-refractivity contribution in [3.8, 4) is 6.07 Å². The van der Waals surface area contributed by atoms with Crippen molar-refractivity contribution in [2.24, 2.45) is 7.05 Å². The van der Waals surface area contributed by atoms with Gasteiger partial charge >= 0.3 is 0 Å². The van der Waals surface area contributed by atoms with Crippen molar-refractivity contribution >= 4 is 51.2 Å². The molecule has 0 aliphatic carbocycles. The molecular formula is C26H22Cl2FN9. The molecule has 12 heteroatoms. The van der Waals surface area contributed by atoms with Gasteiger partial charge in [0.1, 0.15) is 23.6 Å². The summed E-state index contributed by atoms with van der Waals surface area (Å²) in [4.78, 5) is 4.40. The molecule has 5 rings (SSSR count). The molecule has 0 unspecified atom stereocenters. The molecule has 3 heterocycles. The SMILES string of the molecule is CC(C)n1cc([C@@H](Nc2cc(Cl)c3ncc(C#N)c(Nc4ccc(F)c(Cl)c4)c3c2)c2ccnn2C)nn1. The Balaban J connectivity index is 1.61. The van der Waals surface area contributed by atoms with Crippen LogP contribution in [0.4, 0.5) is 21.5 Å². The third kappa shape index (κ3) is 4.86. The number of aromatic nitrogens is 6. The van der Waals surface area contributed by atoms with Crippen molar-refractivity contribution in [1.29, 1.82) is 5.26 Å². The number of fused-ring (bicyclic) bond motifs is 1. The number of rotatable bonds is 7. The highest BCUT2D eigenvalue weighted by atomic mass is 35.5. The van der Waals surface area contributed by atoms with E-state index < -0.39 is 11.9 Å². The molecule has 0 radical (unpaired) electrons. The van der Waals surface area contributed by atoms with E-state index in [1.54, 1.807) is 21.6 Å². The van der Waals surface area contributed by atoms with Crippen LogP contribution in [0, 0.1) is 17.1 Å². The maximum atomic E-state index is 13.7. The Morgan fingerprint density at radius 3 is 2.53 bits per heavy atom. The Hall–Kier alpha value is -4.20. The summed E-state index contributed by atoms with van der Waals surface area (Å²) in [6.07, 6.45) is 5.04. The lowest BCUT2D eigenvalue weighted by Crippen LogP contribution is -2.17. The Morgan fingerprint density at radius 2 is 1.87 bits per heavy atom. The van der Waals surface area contributed by atoms with Gasteiger partial charge in [-0.1, -0.05) is 28.4 Å². The van der Waals surface area contributed by atoms with Crippen LogP contribution in [-0.2, 0) is 7.05 Å². The Kier molecular flexibility index (Phi) is 6.89. The number of halogens is 3. The normalized spacial score (nSPS) is 12.1. The van der Waals surface area contributed by atoms with Crippen molar-refractivity contribution in [2.45, 2.75) is 25.9 Å². The van der Waals surface area contributed by atoms with Gasteiger partial charge in [-0.3, -0.25) is 9.67 Å². The third-order valence-corrected chi connectivity index (χ3v) is 6.63. The molecule has 0 aliphatic heterocycles. The fourth-order valence-corrected chi connectivity index (χ4v) is 4.54. The molecule has 0 saturated carbocycles. The number of nitrogens with one attached hydrogen (secondary N) is 2. The smallest absolute Gasteiger partial charge is 0.141 e. The van der Waals surface area contributed by atoms with Gasteiger partial charge in [-0.05, 0) is 50.2 Å². The number of nitriles is 1. The van der Waals surface area contributed by atoms with E-state index in [9.17, 15) is 9.65 Å². The third-order valence-electron chi connectivity index (χ3n) is 6.05. The topological polar surface area (TPSA) is 109 Å². The molecule has 5 aromatic rings. The summed E-state index contributed by atoms with van der Waals surface area (Å²) in [6, 6.07) is 11.6. The van der Waals surface area contributed by atoms with Gasteiger partial charge in [0, 0.05) is 42.2 Å². The van der Waals surface area contributed by atoms with Gasteiger partial charge in [0.25, 0.3) is 0 Å². The summed E-state index contributed by atoms with van der Waals surface area (Å²) in [5.74, 6) is -0.539. The number of benzene rings is 2. The Bertz CT molecular complexity index is 1690. The van der Waals surface area contributed by atoms with Crippen LogP contribution in [-0.4, -0.2) is 29.8 Å². The second-order valence-corrected chi connectivity index (χ2v) is 9.76. The maximum Gasteiger partial charge on any atom is 0.141 e. The molecule has 2 N–H and O–H groups in total. The largest absolute Gasteiger partial charge is 0.371 e. The predicted octanol–water partition coefficient (Wildman–Crippen LogP) is 6.40. The second-order valence-electron chi connectivity index (χ2n) is 8.94. The predicted molar refractivity (Wildman–Crippen MR) is 145 cm³/mol. The van der Waals surface area contributed by atoms with Gasteiger partial charge in [-0.25, -0.2) is 9.07 Å². The molecule has 192 valence electrons. The summed E-state index contributed by atoms with van der Waals surface area (Å²) in [6.45, 7) is 4.05. The van der Waals surface area contributed by atoms with Gasteiger partial charge in [0.05, 0.1) is 38.7 Å². The molecular weight excluding hydrogens is 528 g/mol. The minimum atomic E-state index is -0.539. The monoisotopic (exact) mass is 549 g/mol. The zero-order valence-corrected chi connectivity index (χ0v) is 22.1. The number of hydrogen-bond acceptors (Lipinski definition) is 7. The Morgan fingerprint density at radius 1 is 1.08 bits per heavy atom. The molecule has 2 aromatic carbocycles. The van der Waals surface area contributed by atoms with Crippen LogP contribution in [0.25, 0.3) is 10.9 Å². The van der Waals surface area contributed by atoms with Crippen LogP contribution in [0.2, 0.25) is 10.0 Å². The first-order chi connectivity index (χ1) is 18.2. The minimum absolute atomic E-state index is 0.0410. The van der Waals surface area contributed by atoms with E-state index in [0.717, 1.165) is 5.69 Å². The molecule has 1 atom stereocenters. The molecule has 3 aromatic heterocycles. The van der Waals surface area contributed by atoms with Gasteiger partial charge in [0.15, 0.2) is 0 Å². The average molecular weight is 550 g/mol. The van der Waals surface area contributed by atoms with E-state index >= 15 is 0 Å². The number of nitrogens with zero attached hydrogens (tertiary/aromatic N) is 7. The van der Waals surface area contributed by atoms with Gasteiger partial charge in [0.2, 0.25) is 0 Å². The van der Waals surface area contributed by atoms with Crippen molar-refractivity contribution < 1.29 is 4.39 Å². The number of aryl methyl sites for hydroxylation is 1. The van der Waals surface area contributed by atoms with E-state index in [1.807, 2.05) is 39.2 Å². The van der Waals surface area contributed by atoms with Crippen molar-refractivity contribution in [1.82, 2.24) is 29.8 Å². The maximum absolute atomic E-state index is 13.7. The van der Waals surface area contributed by atoms with Crippen molar-refractivity contribution in [2.75, 3.05) is 10.6 Å². The number of hydrogen-bond donors (Lipinski definition) is 2. The molecule has 0 saturated heterocycles. The summed E-state index contributed by atoms with van der Waals surface area (Å²) in [7, 11) is 1.85. The molecule has 0 fully saturated rings. The fraction of sp³-hybridized carbons (Fsp3) is 0.192. The first-order valence-electron chi connectivity index (χ1n) is 11.7. The van der Waals surface area contributed by atoms with Crippen LogP contribution >= 0.6 is 23.2 Å². The molecule has 9 nitrogen and oxygen atoms in total. The highest BCUT2D eigenvalue weighted by molar-refractivity contribution is 6.36. The summed E-state index contributed by atoms with van der Waals surface area (Å²) in [5, 5.41) is 30.4. The van der Waals surface area contributed by atoms with Crippen molar-refractivity contribution in [3.05, 3.63) is 87.8 Å². The first kappa shape index (κ1) is 25.4. The number of anilines is 3. The molecule has 0 amide bonds. The van der Waals surface area contributed by atoms with Crippen LogP contribution in [0.5, 0.6) is 0 Å². The van der Waals surface area contributed by atoms with Gasteiger partial charge in [-0.2, -0.15) is 10.4 Å². The molecule has 0 bridgehead atoms. The lowest BCUT2D eigenvalue weighted by molar-refractivity contribution is 0.514. The van der Waals surface area contributed by atoms with Crippen LogP contribution in [0.3, 0.4) is 0 Å². The highest BCUT2D eigenvalue weighted by Gasteiger charge is 2.23. The zero-order chi connectivity index (χ0) is 27.0. The van der Waals surface area contributed by atoms with Gasteiger partial charge < -0.3 is 10.6 Å². The average Bonchev–Trinajstić information content (AvgIpc) is 3.55. The quantitative estimate of drug-likeness (QED) is 0.241. The zero-order valence-electron chi connectivity index (χ0n) is 20.6. The highest BCUT2D eigenvalue weighted by Crippen LogP contribution is 2.37. The van der Waals surface area contributed by atoms with Crippen LogP contribution < -0.4 is 10.6 Å². The summed E-state index contributed by atoms with van der Waals surface area (Å²) >= 11 is 12.7. The van der Waals surface area contributed by atoms with Crippen molar-refractivity contribution in [3.63, 3.8) is 0 Å². The van der Waals surface area contributed by atoms with Gasteiger partial charge in [-0.15, -0.1) is 5.10 Å². The fourth-order valence-electron chi connectivity index (χ4n) is 4.09. The molecule has 38 heavy (non-hydrogen) atoms. The molecule has 0 aliphatic rings. The van der Waals surface area contributed by atoms with Crippen LogP contribution in [0.15, 0.2) is 55.0 Å². The summed E-state index contributed by atoms with van der Waals surface area (Å²) in [5.41, 5.74) is 3.97. The Labute approximate surface area is 227 Å². The molecule has 0 spiro atoms. The van der Waals surface area contributed by atoms with E-state index in [-0.39, 0.29) is 16.6 Å². The van der Waals surface area contributed by atoms with E-state index in [2.05, 4.69) is 37.1 Å². The standard InChI is InChI=1S/C26H22Cl2FN9/c1-14(2)38-13-22(35-36-38)26(23-6-7-32-37(23)3)34-17-8-18-24(33-16-4-5-21(29)19(27)9-16)15(11-30)12-31-25(18)20(28)10-17/h4-10,12-14,26,34H,1-3H3,(H,31,33)/t26-/m1/s1. The van der Waals surface area contributed by atoms with Crippen LogP contribution in [0.1, 0.15) is 42.9 Å². The number of pyridine rings is 1. The second kappa shape index (κ2) is 10.3. The van der Waals surface area contributed by atoms with E-state index in [0.29, 0.717) is 38.7 Å². The lowest BCUT2D eigenvalue weighted by Gasteiger charge is -2.20. The minimum Gasteiger partial charge on any atom is -0.371 e. The summed E-state index contributed by atoms with van der Waals surface area (Å²) < 4.78 is 17.3.